The molecule has 7 heteroatoms. The number of aromatic nitrogens is 2. The van der Waals surface area contributed by atoms with Crippen LogP contribution < -0.4 is 5.56 Å². The van der Waals surface area contributed by atoms with Crippen molar-refractivity contribution in [2.24, 2.45) is 17.3 Å². The van der Waals surface area contributed by atoms with Gasteiger partial charge in [0, 0.05) is 36.0 Å². The topological polar surface area (TPSA) is 99.3 Å². The zero-order chi connectivity index (χ0) is 24.6. The second-order valence-electron chi connectivity index (χ2n) is 12.3. The summed E-state index contributed by atoms with van der Waals surface area (Å²) < 4.78 is 1.97. The highest BCUT2D eigenvalue weighted by Gasteiger charge is 2.74. The molecule has 2 bridgehead atoms. The van der Waals surface area contributed by atoms with E-state index in [0.717, 1.165) is 35.3 Å². The van der Waals surface area contributed by atoms with Gasteiger partial charge in [-0.15, -0.1) is 0 Å². The highest BCUT2D eigenvalue weighted by molar-refractivity contribution is 5.98. The van der Waals surface area contributed by atoms with Gasteiger partial charge in [0.15, 0.2) is 0 Å². The summed E-state index contributed by atoms with van der Waals surface area (Å²) in [7, 11) is 0. The number of nitrogens with zero attached hydrogens (tertiary/aromatic N) is 3. The molecular weight excluding hydrogens is 452 g/mol. The van der Waals surface area contributed by atoms with Crippen molar-refractivity contribution in [1.29, 1.82) is 5.41 Å². The Morgan fingerprint density at radius 2 is 1.78 bits per heavy atom. The second-order valence-corrected chi connectivity index (χ2v) is 12.3. The van der Waals surface area contributed by atoms with Crippen molar-refractivity contribution in [3.8, 4) is 0 Å². The molecule has 1 spiro atoms. The average Bonchev–Trinajstić information content (AvgIpc) is 3.29. The van der Waals surface area contributed by atoms with E-state index in [1.807, 2.05) is 28.8 Å². The van der Waals surface area contributed by atoms with E-state index in [1.165, 1.54) is 57.8 Å². The summed E-state index contributed by atoms with van der Waals surface area (Å²) in [6.07, 6.45) is 12.9. The van der Waals surface area contributed by atoms with Gasteiger partial charge in [0.05, 0.1) is 23.2 Å². The van der Waals surface area contributed by atoms with Crippen LogP contribution in [0.15, 0.2) is 29.1 Å². The highest BCUT2D eigenvalue weighted by atomic mass is 16.4. The van der Waals surface area contributed by atoms with Crippen LogP contribution in [-0.4, -0.2) is 49.4 Å². The fourth-order valence-corrected chi connectivity index (χ4v) is 9.29. The fourth-order valence-electron chi connectivity index (χ4n) is 9.29. The third-order valence-electron chi connectivity index (χ3n) is 10.6. The molecule has 5 fully saturated rings. The maximum atomic E-state index is 13.9. The number of aliphatic carboxylic acids is 1. The molecule has 2 aromatic rings. The van der Waals surface area contributed by atoms with Crippen molar-refractivity contribution >= 4 is 22.7 Å². The number of carboxylic acids is 1. The van der Waals surface area contributed by atoms with E-state index in [4.69, 9.17) is 10.5 Å². The molecule has 1 aliphatic heterocycles. The molecule has 2 heterocycles. The largest absolute Gasteiger partial charge is 0.481 e. The van der Waals surface area contributed by atoms with Gasteiger partial charge in [-0.05, 0) is 62.5 Å². The van der Waals surface area contributed by atoms with Crippen LogP contribution in [0.25, 0.3) is 11.0 Å². The number of nitrogens with one attached hydrogen (secondary N) is 1. The molecule has 36 heavy (non-hydrogen) atoms. The van der Waals surface area contributed by atoms with Crippen molar-refractivity contribution in [2.75, 3.05) is 0 Å². The summed E-state index contributed by atoms with van der Waals surface area (Å²) in [4.78, 5) is 32.4. The van der Waals surface area contributed by atoms with Crippen LogP contribution in [0.2, 0.25) is 0 Å². The smallest absolute Gasteiger partial charge is 0.303 e. The van der Waals surface area contributed by atoms with E-state index in [-0.39, 0.29) is 41.3 Å². The molecule has 7 nitrogen and oxygen atoms in total. The second kappa shape index (κ2) is 8.23. The van der Waals surface area contributed by atoms with Crippen molar-refractivity contribution < 1.29 is 9.90 Å². The molecule has 1 aromatic carbocycles. The van der Waals surface area contributed by atoms with Crippen molar-refractivity contribution in [2.45, 2.75) is 101 Å². The first kappa shape index (κ1) is 22.6. The predicted octanol–water partition coefficient (Wildman–Crippen LogP) is 4.77. The van der Waals surface area contributed by atoms with Crippen LogP contribution in [0.3, 0.4) is 0 Å². The minimum Gasteiger partial charge on any atom is -0.481 e. The fraction of sp³-hybridized carbons (Fsp3) is 0.655. The molecule has 2 N–H and O–H groups in total. The molecule has 7 rings (SSSR count). The molecule has 6 atom stereocenters. The maximum absolute atomic E-state index is 13.9. The molecule has 4 saturated carbocycles. The Morgan fingerprint density at radius 3 is 2.56 bits per heavy atom. The van der Waals surface area contributed by atoms with Crippen LogP contribution in [0.5, 0.6) is 0 Å². The number of hydrogen-bond donors (Lipinski definition) is 2. The lowest BCUT2D eigenvalue weighted by molar-refractivity contribution is -0.246. The van der Waals surface area contributed by atoms with Gasteiger partial charge in [-0.1, -0.05) is 37.8 Å². The number of likely N-dealkylation sites (tertiary alicyclic amines) is 1. The number of fused-ring (bicyclic) bond motifs is 3. The Hall–Kier alpha value is -2.54. The van der Waals surface area contributed by atoms with Gasteiger partial charge in [0.1, 0.15) is 5.69 Å². The van der Waals surface area contributed by atoms with Crippen molar-refractivity contribution in [1.82, 2.24) is 14.5 Å². The van der Waals surface area contributed by atoms with Crippen LogP contribution in [-0.2, 0) is 4.79 Å². The molecule has 5 aliphatic rings. The number of benzene rings is 1. The van der Waals surface area contributed by atoms with Crippen molar-refractivity contribution in [3.05, 3.63) is 40.3 Å². The molecule has 190 valence electrons. The number of rotatable bonds is 6. The third kappa shape index (κ3) is 3.14. The molecule has 4 aliphatic carbocycles. The Kier molecular flexibility index (Phi) is 5.18. The third-order valence-corrected chi connectivity index (χ3v) is 10.6. The Labute approximate surface area is 211 Å². The van der Waals surface area contributed by atoms with Gasteiger partial charge in [-0.3, -0.25) is 14.5 Å². The quantitative estimate of drug-likeness (QED) is 0.571. The van der Waals surface area contributed by atoms with Crippen LogP contribution in [0, 0.1) is 22.7 Å². The molecule has 1 aromatic heterocycles. The summed E-state index contributed by atoms with van der Waals surface area (Å²) in [6.45, 7) is 0. The molecule has 3 unspecified atom stereocenters. The lowest BCUT2D eigenvalue weighted by atomic mass is 9.49. The first-order chi connectivity index (χ1) is 17.5. The molecular formula is C29H36N4O3. The summed E-state index contributed by atoms with van der Waals surface area (Å²) in [5, 5.41) is 17.6. The summed E-state index contributed by atoms with van der Waals surface area (Å²) in [5.74, 6) is 0.874. The standard InChI is InChI=1S/C29H36N4O3/c30-20(10-11-26(34)35)27-28(36)33(22-8-2-1-7-21(22)31-27)25-16-24-29(25)12-4-9-23(29)32(24)19-14-17-5-3-6-18(13-17)15-19/h1-2,7-8,17-19,23-25,30H,3-6,9-16H2,(H,34,35)/t17?,18?,19?,23-,24-,25-,29?/m1/s1. The van der Waals surface area contributed by atoms with Crippen LogP contribution in [0.4, 0.5) is 0 Å². The van der Waals surface area contributed by atoms with Gasteiger partial charge in [0.2, 0.25) is 0 Å². The first-order valence-electron chi connectivity index (χ1n) is 14.1. The van der Waals surface area contributed by atoms with Crippen LogP contribution >= 0.6 is 0 Å². The minimum absolute atomic E-state index is 0.0226. The number of carbonyl (C=O) groups is 1. The minimum atomic E-state index is -0.961. The van der Waals surface area contributed by atoms with Crippen LogP contribution in [0.1, 0.15) is 88.8 Å². The molecule has 1 saturated heterocycles. The van der Waals surface area contributed by atoms with E-state index in [0.29, 0.717) is 12.1 Å². The Bertz CT molecular complexity index is 1290. The average molecular weight is 489 g/mol. The summed E-state index contributed by atoms with van der Waals surface area (Å²) >= 11 is 0. The maximum Gasteiger partial charge on any atom is 0.303 e. The van der Waals surface area contributed by atoms with E-state index in [9.17, 15) is 9.59 Å². The zero-order valence-corrected chi connectivity index (χ0v) is 20.9. The monoisotopic (exact) mass is 488 g/mol. The number of piperidine rings is 1. The van der Waals surface area contributed by atoms with Gasteiger partial charge in [0.25, 0.3) is 5.56 Å². The van der Waals surface area contributed by atoms with E-state index >= 15 is 0 Å². The lowest BCUT2D eigenvalue weighted by Crippen LogP contribution is -2.81. The number of hydrogen-bond acceptors (Lipinski definition) is 5. The summed E-state index contributed by atoms with van der Waals surface area (Å²) in [6, 6.07) is 9.78. The molecule has 0 radical (unpaired) electrons. The predicted molar refractivity (Wildman–Crippen MR) is 138 cm³/mol. The van der Waals surface area contributed by atoms with E-state index < -0.39 is 5.97 Å². The summed E-state index contributed by atoms with van der Waals surface area (Å²) in [5.41, 5.74) is 1.69. The lowest BCUT2D eigenvalue weighted by Gasteiger charge is -2.74. The first-order valence-corrected chi connectivity index (χ1v) is 14.1. The zero-order valence-electron chi connectivity index (χ0n) is 20.9. The number of para-hydroxylation sites is 2. The van der Waals surface area contributed by atoms with E-state index in [1.54, 1.807) is 0 Å². The SMILES string of the molecule is N=C(CCC(=O)O)c1nc2ccccc2n([C@@H]2C[C@H]3N(C4CC5CCCC(C5)C4)[C@@H]4CCCC432)c1=O. The molecule has 0 amide bonds. The van der Waals surface area contributed by atoms with Gasteiger partial charge < -0.3 is 15.1 Å². The normalized spacial score (nSPS) is 37.0. The number of carboxylic acid groups (broad SMARTS) is 1. The van der Waals surface area contributed by atoms with Crippen molar-refractivity contribution in [3.63, 3.8) is 0 Å². The van der Waals surface area contributed by atoms with Gasteiger partial charge in [-0.25, -0.2) is 4.98 Å². The van der Waals surface area contributed by atoms with Gasteiger partial charge >= 0.3 is 5.97 Å². The Balaban J connectivity index is 1.23. The Morgan fingerprint density at radius 1 is 1.00 bits per heavy atom. The van der Waals surface area contributed by atoms with E-state index in [2.05, 4.69) is 9.88 Å². The van der Waals surface area contributed by atoms with Gasteiger partial charge in [-0.2, -0.15) is 0 Å². The highest BCUT2D eigenvalue weighted by Crippen LogP contribution is 2.71.